The summed E-state index contributed by atoms with van der Waals surface area (Å²) in [6, 6.07) is 2.57. The Labute approximate surface area is 215 Å². The summed E-state index contributed by atoms with van der Waals surface area (Å²) in [6.07, 6.45) is 5.07. The van der Waals surface area contributed by atoms with E-state index < -0.39 is 11.6 Å². The molecule has 0 radical (unpaired) electrons. The Bertz CT molecular complexity index is 1670. The summed E-state index contributed by atoms with van der Waals surface area (Å²) >= 11 is 0.959. The topological polar surface area (TPSA) is 104 Å². The number of thiophene rings is 1. The zero-order valence-electron chi connectivity index (χ0n) is 20.3. The number of nitrogens with two attached hydrogens (primary N) is 1. The van der Waals surface area contributed by atoms with Crippen molar-refractivity contribution in [3.63, 3.8) is 0 Å². The van der Waals surface area contributed by atoms with Crippen LogP contribution in [0.3, 0.4) is 0 Å². The molecule has 2 aliphatic heterocycles. The Kier molecular flexibility index (Phi) is 4.77. The Morgan fingerprint density at radius 1 is 1.22 bits per heavy atom. The average molecular weight is 520 g/mol. The molecular formula is C26H23F2N7OS. The van der Waals surface area contributed by atoms with Gasteiger partial charge in [0.1, 0.15) is 16.6 Å². The van der Waals surface area contributed by atoms with Gasteiger partial charge in [0.25, 0.3) is 0 Å². The maximum absolute atomic E-state index is 16.4. The summed E-state index contributed by atoms with van der Waals surface area (Å²) in [4.78, 5) is 17.9. The third-order valence-electron chi connectivity index (χ3n) is 8.27. The van der Waals surface area contributed by atoms with Gasteiger partial charge in [-0.25, -0.2) is 18.7 Å². The van der Waals surface area contributed by atoms with Crippen LogP contribution in [0.1, 0.15) is 29.5 Å². The molecule has 4 aromatic rings. The fourth-order valence-electron chi connectivity index (χ4n) is 6.40. The van der Waals surface area contributed by atoms with E-state index in [4.69, 9.17) is 10.5 Å². The van der Waals surface area contributed by atoms with Crippen LogP contribution in [0.5, 0.6) is 0 Å². The molecule has 1 saturated heterocycles. The van der Waals surface area contributed by atoms with Gasteiger partial charge in [0.2, 0.25) is 5.95 Å². The molecule has 2 N–H and O–H groups in total. The fourth-order valence-corrected chi connectivity index (χ4v) is 7.32. The molecule has 11 heteroatoms. The third-order valence-corrected chi connectivity index (χ3v) is 9.30. The van der Waals surface area contributed by atoms with Crippen molar-refractivity contribution in [3.8, 4) is 17.3 Å². The molecule has 7 rings (SSSR count). The van der Waals surface area contributed by atoms with Gasteiger partial charge in [-0.15, -0.1) is 11.3 Å². The van der Waals surface area contributed by atoms with Crippen LogP contribution in [0.4, 0.5) is 19.7 Å². The molecule has 1 spiro atoms. The van der Waals surface area contributed by atoms with Crippen molar-refractivity contribution in [1.82, 2.24) is 19.9 Å². The van der Waals surface area contributed by atoms with Gasteiger partial charge in [-0.3, -0.25) is 4.98 Å². The number of fused-ring (bicyclic) bond motifs is 4. The number of aromatic nitrogens is 3. The molecule has 3 aromatic heterocycles. The number of nitrogens with zero attached hydrogens (tertiary/aromatic N) is 6. The van der Waals surface area contributed by atoms with Gasteiger partial charge in [0.05, 0.1) is 35.4 Å². The van der Waals surface area contributed by atoms with Crippen molar-refractivity contribution in [2.75, 3.05) is 37.8 Å². The molecule has 1 saturated carbocycles. The molecule has 37 heavy (non-hydrogen) atoms. The summed E-state index contributed by atoms with van der Waals surface area (Å²) in [5, 5.41) is 10.7. The van der Waals surface area contributed by atoms with E-state index >= 15 is 4.39 Å². The molecule has 1 aliphatic carbocycles. The number of rotatable bonds is 3. The SMILES string of the molecule is CN(C)C1CCC12CN(c1ncc3c4c(c(-c5ncc(F)c6sc(N)c(C#N)c56)c(F)c3n1)COC4)C2. The van der Waals surface area contributed by atoms with Crippen molar-refractivity contribution < 1.29 is 13.5 Å². The van der Waals surface area contributed by atoms with Crippen LogP contribution < -0.4 is 10.6 Å². The lowest BCUT2D eigenvalue weighted by Gasteiger charge is -2.62. The van der Waals surface area contributed by atoms with Gasteiger partial charge >= 0.3 is 0 Å². The second kappa shape index (κ2) is 7.77. The third kappa shape index (κ3) is 3.00. The van der Waals surface area contributed by atoms with E-state index in [1.165, 1.54) is 12.8 Å². The van der Waals surface area contributed by atoms with Crippen molar-refractivity contribution in [2.45, 2.75) is 32.1 Å². The summed E-state index contributed by atoms with van der Waals surface area (Å²) in [5.74, 6) is -0.697. The second-order valence-corrected chi connectivity index (χ2v) is 11.5. The number of anilines is 2. The predicted octanol–water partition coefficient (Wildman–Crippen LogP) is 4.20. The number of halogens is 2. The minimum absolute atomic E-state index is 0.0966. The molecule has 5 heterocycles. The van der Waals surface area contributed by atoms with Gasteiger partial charge in [0.15, 0.2) is 11.6 Å². The van der Waals surface area contributed by atoms with E-state index in [1.807, 2.05) is 6.07 Å². The maximum Gasteiger partial charge on any atom is 0.226 e. The average Bonchev–Trinajstić information content (AvgIpc) is 3.43. The normalized spacial score (nSPS) is 19.9. The molecular weight excluding hydrogens is 496 g/mol. The lowest BCUT2D eigenvalue weighted by molar-refractivity contribution is -0.0257. The number of hydrogen-bond acceptors (Lipinski definition) is 9. The van der Waals surface area contributed by atoms with Crippen LogP contribution in [-0.4, -0.2) is 53.1 Å². The monoisotopic (exact) mass is 519 g/mol. The number of benzene rings is 1. The van der Waals surface area contributed by atoms with Gasteiger partial charge in [0, 0.05) is 47.1 Å². The van der Waals surface area contributed by atoms with E-state index in [0.29, 0.717) is 22.9 Å². The molecule has 0 amide bonds. The first-order chi connectivity index (χ1) is 17.8. The second-order valence-electron chi connectivity index (χ2n) is 10.4. The Morgan fingerprint density at radius 2 is 2.00 bits per heavy atom. The van der Waals surface area contributed by atoms with E-state index in [0.717, 1.165) is 36.2 Å². The number of hydrogen-bond donors (Lipinski definition) is 1. The lowest BCUT2D eigenvalue weighted by Crippen LogP contribution is -2.70. The van der Waals surface area contributed by atoms with Gasteiger partial charge < -0.3 is 20.3 Å². The molecule has 1 aromatic carbocycles. The smallest absolute Gasteiger partial charge is 0.226 e. The van der Waals surface area contributed by atoms with E-state index in [9.17, 15) is 9.65 Å². The Morgan fingerprint density at radius 3 is 2.70 bits per heavy atom. The van der Waals surface area contributed by atoms with Crippen LogP contribution in [0.2, 0.25) is 0 Å². The maximum atomic E-state index is 16.4. The van der Waals surface area contributed by atoms with Crippen LogP contribution in [0, 0.1) is 28.4 Å². The molecule has 1 unspecified atom stereocenters. The first-order valence-electron chi connectivity index (χ1n) is 12.1. The first kappa shape index (κ1) is 22.7. The van der Waals surface area contributed by atoms with Crippen LogP contribution in [0.15, 0.2) is 12.4 Å². The van der Waals surface area contributed by atoms with E-state index in [1.54, 1.807) is 6.20 Å². The van der Waals surface area contributed by atoms with E-state index in [2.05, 4.69) is 38.8 Å². The quantitative estimate of drug-likeness (QED) is 0.430. The van der Waals surface area contributed by atoms with Crippen molar-refractivity contribution >= 4 is 43.3 Å². The number of nitriles is 1. The molecule has 1 atom stereocenters. The molecule has 188 valence electrons. The fraction of sp³-hybridized carbons (Fsp3) is 0.385. The summed E-state index contributed by atoms with van der Waals surface area (Å²) in [7, 11) is 4.22. The van der Waals surface area contributed by atoms with Crippen LogP contribution in [-0.2, 0) is 18.0 Å². The highest BCUT2D eigenvalue weighted by atomic mass is 32.1. The standard InChI is InChI=1S/C26H23F2N7OS/c1-34(2)17-3-4-26(17)10-35(11-26)25-32-6-13-14-8-36-9-15(14)18(20(28)21(13)33-25)22-19-12(5-29)24(30)37-23(19)16(27)7-31-22/h6-7,17H,3-4,8-11,30H2,1-2H3. The Balaban J connectivity index is 1.40. The number of ether oxygens (including phenoxy) is 1. The van der Waals surface area contributed by atoms with Gasteiger partial charge in [-0.2, -0.15) is 5.26 Å². The minimum Gasteiger partial charge on any atom is -0.389 e. The number of pyridine rings is 1. The zero-order chi connectivity index (χ0) is 25.6. The predicted molar refractivity (Wildman–Crippen MR) is 137 cm³/mol. The summed E-state index contributed by atoms with van der Waals surface area (Å²) < 4.78 is 36.9. The minimum atomic E-state index is -0.602. The summed E-state index contributed by atoms with van der Waals surface area (Å²) in [6.45, 7) is 2.12. The molecule has 8 nitrogen and oxygen atoms in total. The number of nitrogen functional groups attached to an aromatic ring is 1. The van der Waals surface area contributed by atoms with Crippen LogP contribution >= 0.6 is 11.3 Å². The Hall–Kier alpha value is -3.46. The van der Waals surface area contributed by atoms with Crippen molar-refractivity contribution in [3.05, 3.63) is 40.7 Å². The highest BCUT2D eigenvalue weighted by molar-refractivity contribution is 7.23. The largest absolute Gasteiger partial charge is 0.389 e. The zero-order valence-corrected chi connectivity index (χ0v) is 21.1. The molecule has 3 aliphatic rings. The lowest BCUT2D eigenvalue weighted by atomic mass is 9.59. The molecule has 0 bridgehead atoms. The van der Waals surface area contributed by atoms with Gasteiger partial charge in [-0.1, -0.05) is 0 Å². The highest BCUT2D eigenvalue weighted by Gasteiger charge is 2.56. The molecule has 2 fully saturated rings. The van der Waals surface area contributed by atoms with Gasteiger partial charge in [-0.05, 0) is 38.1 Å². The highest BCUT2D eigenvalue weighted by Crippen LogP contribution is 2.51. The van der Waals surface area contributed by atoms with Crippen molar-refractivity contribution in [1.29, 1.82) is 5.26 Å². The van der Waals surface area contributed by atoms with E-state index in [-0.39, 0.29) is 56.1 Å². The summed E-state index contributed by atoms with van der Waals surface area (Å²) in [5.41, 5.74) is 8.27. The van der Waals surface area contributed by atoms with Crippen LogP contribution in [0.25, 0.3) is 32.2 Å². The van der Waals surface area contributed by atoms with Crippen molar-refractivity contribution in [2.24, 2.45) is 5.41 Å². The first-order valence-corrected chi connectivity index (χ1v) is 12.9.